The smallest absolute Gasteiger partial charge is 0.187 e. The first kappa shape index (κ1) is 18.0. The second-order valence-corrected chi connectivity index (χ2v) is 7.64. The van der Waals surface area contributed by atoms with Crippen molar-refractivity contribution in [2.75, 3.05) is 19.0 Å². The van der Waals surface area contributed by atoms with Crippen molar-refractivity contribution in [1.82, 2.24) is 0 Å². The summed E-state index contributed by atoms with van der Waals surface area (Å²) < 4.78 is 0. The molecule has 0 saturated heterocycles. The molecule has 120 valence electrons. The predicted octanol–water partition coefficient (Wildman–Crippen LogP) is 5.06. The summed E-state index contributed by atoms with van der Waals surface area (Å²) in [7, 11) is 4.36. The van der Waals surface area contributed by atoms with Gasteiger partial charge in [0.05, 0.1) is 5.69 Å². The fraction of sp³-hybridized carbons (Fsp3) is 0.737. The first-order valence-corrected chi connectivity index (χ1v) is 8.39. The second-order valence-electron chi connectivity index (χ2n) is 7.64. The number of hydrogen-bond donors (Lipinski definition) is 0. The van der Waals surface area contributed by atoms with Gasteiger partial charge in [0, 0.05) is 37.1 Å². The summed E-state index contributed by atoms with van der Waals surface area (Å²) in [4.78, 5) is 6.13. The van der Waals surface area contributed by atoms with Gasteiger partial charge in [0.1, 0.15) is 0 Å². The Morgan fingerprint density at radius 2 is 0.952 bits per heavy atom. The second kappa shape index (κ2) is 6.81. The van der Waals surface area contributed by atoms with Crippen molar-refractivity contribution in [3.8, 4) is 0 Å². The maximum atomic E-state index is 3.81. The average Bonchev–Trinajstić information content (AvgIpc) is 2.34. The largest absolute Gasteiger partial charge is 0.377 e. The highest BCUT2D eigenvalue weighted by atomic mass is 15.1. The van der Waals surface area contributed by atoms with Crippen LogP contribution in [-0.2, 0) is 0 Å². The molecule has 0 aliphatic rings. The number of aromatic amines is 1. The summed E-state index contributed by atoms with van der Waals surface area (Å²) in [5.41, 5.74) is 7.22. The number of nitrogens with zero attached hydrogens (tertiary/aromatic N) is 1. The average molecular weight is 292 g/mol. The number of nitrogens with one attached hydrogen (secondary N) is 1. The van der Waals surface area contributed by atoms with Crippen LogP contribution in [0.4, 0.5) is 5.69 Å². The molecule has 0 radical (unpaired) electrons. The molecule has 0 aromatic carbocycles. The van der Waals surface area contributed by atoms with Gasteiger partial charge in [-0.1, -0.05) is 55.4 Å². The van der Waals surface area contributed by atoms with E-state index in [1.807, 2.05) is 0 Å². The molecule has 2 heteroatoms. The molecular formula is C19H35N2+. The van der Waals surface area contributed by atoms with E-state index >= 15 is 0 Å². The molecule has 21 heavy (non-hydrogen) atoms. The zero-order valence-electron chi connectivity index (χ0n) is 15.8. The molecule has 0 atom stereocenters. The van der Waals surface area contributed by atoms with Crippen molar-refractivity contribution in [3.63, 3.8) is 0 Å². The fourth-order valence-corrected chi connectivity index (χ4v) is 3.24. The Kier molecular flexibility index (Phi) is 5.83. The van der Waals surface area contributed by atoms with Gasteiger partial charge in [-0.15, -0.1) is 0 Å². The lowest BCUT2D eigenvalue weighted by molar-refractivity contribution is -0.407. The zero-order valence-corrected chi connectivity index (χ0v) is 15.8. The standard InChI is InChI=1S/C19H34N2/c1-11(2)15-17(13(5)6)20-18(14(7)8)16(12(3)4)19(15)21(9)10/h11-14H,1-10H3/p+1. The lowest BCUT2D eigenvalue weighted by Gasteiger charge is -2.27. The highest BCUT2D eigenvalue weighted by molar-refractivity contribution is 5.63. The molecule has 0 unspecified atom stereocenters. The van der Waals surface area contributed by atoms with Crippen LogP contribution in [-0.4, -0.2) is 14.1 Å². The number of anilines is 1. The van der Waals surface area contributed by atoms with Gasteiger partial charge in [0.2, 0.25) is 0 Å². The highest BCUT2D eigenvalue weighted by Gasteiger charge is 2.31. The zero-order chi connectivity index (χ0) is 16.5. The third kappa shape index (κ3) is 3.59. The molecule has 1 heterocycles. The van der Waals surface area contributed by atoms with E-state index in [9.17, 15) is 0 Å². The van der Waals surface area contributed by atoms with Crippen LogP contribution in [0.2, 0.25) is 0 Å². The Morgan fingerprint density at radius 3 is 1.14 bits per heavy atom. The van der Waals surface area contributed by atoms with Crippen LogP contribution in [0.3, 0.4) is 0 Å². The fourth-order valence-electron chi connectivity index (χ4n) is 3.24. The molecule has 1 rings (SSSR count). The molecule has 0 spiro atoms. The first-order chi connectivity index (χ1) is 9.59. The van der Waals surface area contributed by atoms with Gasteiger partial charge >= 0.3 is 0 Å². The van der Waals surface area contributed by atoms with E-state index in [-0.39, 0.29) is 0 Å². The predicted molar refractivity (Wildman–Crippen MR) is 93.7 cm³/mol. The number of rotatable bonds is 5. The molecule has 0 aliphatic heterocycles. The maximum Gasteiger partial charge on any atom is 0.187 e. The molecule has 1 N–H and O–H groups in total. The van der Waals surface area contributed by atoms with Gasteiger partial charge in [-0.3, -0.25) is 0 Å². The van der Waals surface area contributed by atoms with Crippen LogP contribution in [0.1, 0.15) is 102 Å². The van der Waals surface area contributed by atoms with Crippen LogP contribution in [0.5, 0.6) is 0 Å². The molecule has 2 nitrogen and oxygen atoms in total. The molecule has 0 amide bonds. The van der Waals surface area contributed by atoms with Gasteiger partial charge in [-0.05, 0) is 11.8 Å². The van der Waals surface area contributed by atoms with Crippen molar-refractivity contribution < 1.29 is 4.98 Å². The maximum absolute atomic E-state index is 3.81. The Labute approximate surface area is 132 Å². The Hall–Kier alpha value is -1.05. The van der Waals surface area contributed by atoms with E-state index in [0.717, 1.165) is 0 Å². The third-order valence-electron chi connectivity index (χ3n) is 4.12. The van der Waals surface area contributed by atoms with E-state index in [0.29, 0.717) is 23.7 Å². The molecular weight excluding hydrogens is 256 g/mol. The molecule has 1 aromatic heterocycles. The summed E-state index contributed by atoms with van der Waals surface area (Å²) in [6.45, 7) is 18.4. The SMILES string of the molecule is CC(C)c1[nH+]c(C(C)C)c(C(C)C)c(N(C)C)c1C(C)C. The van der Waals surface area contributed by atoms with E-state index in [1.54, 1.807) is 0 Å². The Balaban J connectivity index is 3.89. The van der Waals surface area contributed by atoms with Crippen LogP contribution in [0.25, 0.3) is 0 Å². The van der Waals surface area contributed by atoms with E-state index in [4.69, 9.17) is 0 Å². The number of pyridine rings is 1. The molecule has 0 saturated carbocycles. The molecule has 0 aliphatic carbocycles. The van der Waals surface area contributed by atoms with E-state index in [1.165, 1.54) is 28.2 Å². The Morgan fingerprint density at radius 1 is 0.619 bits per heavy atom. The van der Waals surface area contributed by atoms with Crippen molar-refractivity contribution in [2.24, 2.45) is 0 Å². The van der Waals surface area contributed by atoms with Gasteiger partial charge in [0.15, 0.2) is 11.4 Å². The normalized spacial score (nSPS) is 12.1. The highest BCUT2D eigenvalue weighted by Crippen LogP contribution is 2.40. The van der Waals surface area contributed by atoms with Crippen molar-refractivity contribution in [2.45, 2.75) is 79.1 Å². The summed E-state index contributed by atoms with van der Waals surface area (Å²) in [6.07, 6.45) is 0. The summed E-state index contributed by atoms with van der Waals surface area (Å²) in [5, 5.41) is 0. The minimum absolute atomic E-state index is 0.514. The van der Waals surface area contributed by atoms with Crippen LogP contribution in [0, 0.1) is 0 Å². The number of aromatic nitrogens is 1. The minimum Gasteiger partial charge on any atom is -0.377 e. The van der Waals surface area contributed by atoms with Crippen molar-refractivity contribution in [1.29, 1.82) is 0 Å². The van der Waals surface area contributed by atoms with Crippen molar-refractivity contribution >= 4 is 5.69 Å². The van der Waals surface area contributed by atoms with Gasteiger partial charge in [-0.2, -0.15) is 0 Å². The lowest BCUT2D eigenvalue weighted by Crippen LogP contribution is -2.29. The lowest BCUT2D eigenvalue weighted by atomic mass is 9.85. The van der Waals surface area contributed by atoms with Crippen LogP contribution in [0.15, 0.2) is 0 Å². The molecule has 0 fully saturated rings. The quantitative estimate of drug-likeness (QED) is 0.741. The summed E-state index contributed by atoms with van der Waals surface area (Å²) >= 11 is 0. The number of hydrogen-bond acceptors (Lipinski definition) is 1. The minimum atomic E-state index is 0.514. The van der Waals surface area contributed by atoms with E-state index in [2.05, 4.69) is 79.4 Å². The Bertz CT molecular complexity index is 445. The molecule has 0 bridgehead atoms. The topological polar surface area (TPSA) is 17.4 Å². The number of H-pyrrole nitrogens is 1. The van der Waals surface area contributed by atoms with Gasteiger partial charge < -0.3 is 4.90 Å². The summed E-state index contributed by atoms with van der Waals surface area (Å²) in [5.74, 6) is 2.07. The van der Waals surface area contributed by atoms with Crippen LogP contribution >= 0.6 is 0 Å². The third-order valence-corrected chi connectivity index (χ3v) is 4.12. The van der Waals surface area contributed by atoms with Gasteiger partial charge in [0.25, 0.3) is 0 Å². The monoisotopic (exact) mass is 291 g/mol. The van der Waals surface area contributed by atoms with E-state index < -0.39 is 0 Å². The van der Waals surface area contributed by atoms with Gasteiger partial charge in [-0.25, -0.2) is 4.98 Å². The van der Waals surface area contributed by atoms with Crippen molar-refractivity contribution in [3.05, 3.63) is 22.5 Å². The first-order valence-electron chi connectivity index (χ1n) is 8.39. The molecule has 1 aromatic rings. The van der Waals surface area contributed by atoms with Crippen LogP contribution < -0.4 is 9.88 Å². The summed E-state index contributed by atoms with van der Waals surface area (Å²) in [6, 6.07) is 0.